The van der Waals surface area contributed by atoms with Gasteiger partial charge in [-0.2, -0.15) is 0 Å². The Morgan fingerprint density at radius 3 is 2.82 bits per heavy atom. The molecule has 0 amide bonds. The van der Waals surface area contributed by atoms with Gasteiger partial charge in [-0.05, 0) is 18.2 Å². The summed E-state index contributed by atoms with van der Waals surface area (Å²) in [5.74, 6) is 0.511. The molecule has 2 heterocycles. The monoisotopic (exact) mass is 227 g/mol. The molecule has 0 aliphatic heterocycles. The number of aromatic nitrogens is 3. The molecule has 0 radical (unpaired) electrons. The lowest BCUT2D eigenvalue weighted by Gasteiger charge is -2.11. The number of hydrogen-bond acceptors (Lipinski definition) is 4. The van der Waals surface area contributed by atoms with Crippen LogP contribution in [0.1, 0.15) is 0 Å². The predicted molar refractivity (Wildman–Crippen MR) is 70.1 cm³/mol. The van der Waals surface area contributed by atoms with Gasteiger partial charge < -0.3 is 15.6 Å². The number of nitrogens with one attached hydrogen (secondary N) is 1. The highest BCUT2D eigenvalue weighted by molar-refractivity contribution is 6.11. The van der Waals surface area contributed by atoms with E-state index >= 15 is 0 Å². The van der Waals surface area contributed by atoms with E-state index in [9.17, 15) is 0 Å². The van der Waals surface area contributed by atoms with Crippen LogP contribution in [0.2, 0.25) is 0 Å². The van der Waals surface area contributed by atoms with Crippen molar-refractivity contribution in [2.75, 3.05) is 24.7 Å². The Hall–Kier alpha value is -2.30. The van der Waals surface area contributed by atoms with Crippen molar-refractivity contribution in [2.24, 2.45) is 0 Å². The molecule has 86 valence electrons. The molecular weight excluding hydrogens is 214 g/mol. The highest BCUT2D eigenvalue weighted by atomic mass is 15.1. The molecule has 3 N–H and O–H groups in total. The summed E-state index contributed by atoms with van der Waals surface area (Å²) in [7, 11) is 4.02. The summed E-state index contributed by atoms with van der Waals surface area (Å²) in [5, 5.41) is 1.95. The lowest BCUT2D eigenvalue weighted by atomic mass is 10.2. The van der Waals surface area contributed by atoms with E-state index < -0.39 is 0 Å². The maximum Gasteiger partial charge on any atom is 0.143 e. The molecule has 0 aliphatic rings. The zero-order valence-electron chi connectivity index (χ0n) is 9.73. The Bertz CT molecular complexity index is 699. The van der Waals surface area contributed by atoms with E-state index in [2.05, 4.69) is 32.0 Å². The molecule has 5 nitrogen and oxygen atoms in total. The molecule has 0 spiro atoms. The van der Waals surface area contributed by atoms with Gasteiger partial charge in [0.2, 0.25) is 0 Å². The van der Waals surface area contributed by atoms with Crippen LogP contribution < -0.4 is 10.6 Å². The van der Waals surface area contributed by atoms with Crippen LogP contribution in [0.25, 0.3) is 21.9 Å². The highest BCUT2D eigenvalue weighted by Gasteiger charge is 2.09. The molecule has 3 aromatic rings. The minimum absolute atomic E-state index is 0.511. The van der Waals surface area contributed by atoms with Crippen LogP contribution in [0, 0.1) is 0 Å². The number of anilines is 2. The van der Waals surface area contributed by atoms with Gasteiger partial charge in [-0.3, -0.25) is 0 Å². The van der Waals surface area contributed by atoms with Gasteiger partial charge >= 0.3 is 0 Å². The fourth-order valence-corrected chi connectivity index (χ4v) is 2.01. The van der Waals surface area contributed by atoms with Crippen LogP contribution >= 0.6 is 0 Å². The molecule has 0 saturated heterocycles. The number of aromatic amines is 1. The number of fused-ring (bicyclic) bond motifs is 3. The van der Waals surface area contributed by atoms with Gasteiger partial charge in [0.05, 0.1) is 5.39 Å². The van der Waals surface area contributed by atoms with Crippen molar-refractivity contribution in [1.29, 1.82) is 0 Å². The van der Waals surface area contributed by atoms with Crippen LogP contribution in [0.4, 0.5) is 11.5 Å². The van der Waals surface area contributed by atoms with E-state index in [1.54, 1.807) is 0 Å². The summed E-state index contributed by atoms with van der Waals surface area (Å²) in [4.78, 5) is 13.5. The first-order valence-electron chi connectivity index (χ1n) is 5.36. The second-order valence-electron chi connectivity index (χ2n) is 4.23. The molecular formula is C12H13N5. The summed E-state index contributed by atoms with van der Waals surface area (Å²) in [6, 6.07) is 6.18. The number of benzene rings is 1. The molecule has 2 aromatic heterocycles. The van der Waals surface area contributed by atoms with E-state index in [-0.39, 0.29) is 0 Å². The maximum atomic E-state index is 5.91. The fraction of sp³-hybridized carbons (Fsp3) is 0.167. The van der Waals surface area contributed by atoms with Gasteiger partial charge in [0.1, 0.15) is 17.8 Å². The normalized spacial score (nSPS) is 11.2. The topological polar surface area (TPSA) is 70.8 Å². The average molecular weight is 227 g/mol. The van der Waals surface area contributed by atoms with E-state index in [1.807, 2.05) is 20.2 Å². The summed E-state index contributed by atoms with van der Waals surface area (Å²) in [6.07, 6.45) is 1.47. The molecule has 0 unspecified atom stereocenters. The SMILES string of the molecule is CN(C)c1ccc2[nH]c3ncnc(N)c3c2c1. The zero-order valence-corrected chi connectivity index (χ0v) is 9.73. The quantitative estimate of drug-likeness (QED) is 0.664. The lowest BCUT2D eigenvalue weighted by Crippen LogP contribution is -2.07. The minimum Gasteiger partial charge on any atom is -0.383 e. The Balaban J connectivity index is 2.44. The molecule has 0 bridgehead atoms. The maximum absolute atomic E-state index is 5.91. The van der Waals surface area contributed by atoms with Crippen molar-refractivity contribution in [1.82, 2.24) is 15.0 Å². The smallest absolute Gasteiger partial charge is 0.143 e. The standard InChI is InChI=1S/C12H13N5/c1-17(2)7-3-4-9-8(5-7)10-11(13)14-6-15-12(10)16-9/h3-6H,1-2H3,(H3,13,14,15,16). The van der Waals surface area contributed by atoms with E-state index in [0.717, 1.165) is 27.6 Å². The third kappa shape index (κ3) is 1.39. The van der Waals surface area contributed by atoms with Gasteiger partial charge in [-0.1, -0.05) is 0 Å². The summed E-state index contributed by atoms with van der Waals surface area (Å²) < 4.78 is 0. The molecule has 1 aromatic carbocycles. The number of nitrogen functional groups attached to an aromatic ring is 1. The van der Waals surface area contributed by atoms with E-state index in [4.69, 9.17) is 5.73 Å². The molecule has 5 heteroatoms. The number of rotatable bonds is 1. The van der Waals surface area contributed by atoms with E-state index in [0.29, 0.717) is 5.82 Å². The lowest BCUT2D eigenvalue weighted by molar-refractivity contribution is 1.14. The number of H-pyrrole nitrogens is 1. The molecule has 17 heavy (non-hydrogen) atoms. The average Bonchev–Trinajstić information content (AvgIpc) is 2.67. The van der Waals surface area contributed by atoms with Gasteiger partial charge in [0.15, 0.2) is 0 Å². The summed E-state index contributed by atoms with van der Waals surface area (Å²) >= 11 is 0. The van der Waals surface area contributed by atoms with Crippen molar-refractivity contribution >= 4 is 33.4 Å². The highest BCUT2D eigenvalue weighted by Crippen LogP contribution is 2.29. The van der Waals surface area contributed by atoms with Crippen LogP contribution in [-0.4, -0.2) is 29.0 Å². The predicted octanol–water partition coefficient (Wildman–Crippen LogP) is 1.76. The van der Waals surface area contributed by atoms with Gasteiger partial charge in [0.25, 0.3) is 0 Å². The van der Waals surface area contributed by atoms with Crippen molar-refractivity contribution in [3.05, 3.63) is 24.5 Å². The number of nitrogens with zero attached hydrogens (tertiary/aromatic N) is 3. The van der Waals surface area contributed by atoms with E-state index in [1.165, 1.54) is 6.33 Å². The third-order valence-electron chi connectivity index (χ3n) is 2.92. The molecule has 0 fully saturated rings. The molecule has 0 aliphatic carbocycles. The molecule has 0 atom stereocenters. The summed E-state index contributed by atoms with van der Waals surface area (Å²) in [6.45, 7) is 0. The first-order chi connectivity index (χ1) is 8.16. The molecule has 0 saturated carbocycles. The van der Waals surface area contributed by atoms with Crippen molar-refractivity contribution in [3.63, 3.8) is 0 Å². The van der Waals surface area contributed by atoms with Crippen LogP contribution in [0.3, 0.4) is 0 Å². The Morgan fingerprint density at radius 2 is 2.06 bits per heavy atom. The van der Waals surface area contributed by atoms with Crippen molar-refractivity contribution in [2.45, 2.75) is 0 Å². The van der Waals surface area contributed by atoms with Gasteiger partial charge in [0, 0.05) is 30.7 Å². The number of nitrogens with two attached hydrogens (primary N) is 1. The Labute approximate surface area is 98.3 Å². The number of hydrogen-bond donors (Lipinski definition) is 2. The second-order valence-corrected chi connectivity index (χ2v) is 4.23. The van der Waals surface area contributed by atoms with Crippen molar-refractivity contribution in [3.8, 4) is 0 Å². The van der Waals surface area contributed by atoms with Crippen molar-refractivity contribution < 1.29 is 0 Å². The largest absolute Gasteiger partial charge is 0.383 e. The minimum atomic E-state index is 0.511. The van der Waals surface area contributed by atoms with Gasteiger partial charge in [-0.15, -0.1) is 0 Å². The third-order valence-corrected chi connectivity index (χ3v) is 2.92. The summed E-state index contributed by atoms with van der Waals surface area (Å²) in [5.41, 5.74) is 8.84. The first kappa shape index (κ1) is 9.89. The van der Waals surface area contributed by atoms with Crippen LogP contribution in [0.5, 0.6) is 0 Å². The van der Waals surface area contributed by atoms with Crippen LogP contribution in [-0.2, 0) is 0 Å². The Kier molecular flexibility index (Phi) is 1.95. The van der Waals surface area contributed by atoms with Gasteiger partial charge in [-0.25, -0.2) is 9.97 Å². The fourth-order valence-electron chi connectivity index (χ4n) is 2.01. The zero-order chi connectivity index (χ0) is 12.0. The van der Waals surface area contributed by atoms with Crippen LogP contribution in [0.15, 0.2) is 24.5 Å². The molecule has 3 rings (SSSR count). The first-order valence-corrected chi connectivity index (χ1v) is 5.36. The second kappa shape index (κ2) is 3.35. The Morgan fingerprint density at radius 1 is 1.24 bits per heavy atom.